The Kier molecular flexibility index (Phi) is 6.80. The largest absolute Gasteiger partial charge is 0.378 e. The third-order valence-corrected chi connectivity index (χ3v) is 7.62. The van der Waals surface area contributed by atoms with Crippen LogP contribution in [0, 0.1) is 0 Å². The Morgan fingerprint density at radius 1 is 0.974 bits per heavy atom. The number of fused-ring (bicyclic) bond motifs is 1. The maximum atomic E-state index is 13.2. The van der Waals surface area contributed by atoms with Crippen LogP contribution in [0.4, 0.5) is 16.6 Å². The minimum Gasteiger partial charge on any atom is -0.378 e. The van der Waals surface area contributed by atoms with Gasteiger partial charge in [-0.2, -0.15) is 9.36 Å². The second-order valence-electron chi connectivity index (χ2n) is 9.54. The highest BCUT2D eigenvalue weighted by Crippen LogP contribution is 2.30. The fraction of sp³-hybridized carbons (Fsp3) is 0.250. The standard InChI is InChI=1S/C28H29N9OS/c1-34(2)22-10-8-20(9-11-22)25-27(37-13-12-29-18-23(37)31-25)30-19-24(38)35-14-16-36(17-15-35)28-32-26(33-39-28)21-6-4-3-5-7-21/h3-13,18,30H,14-17,19H2,1-2H3. The summed E-state index contributed by atoms with van der Waals surface area (Å²) in [5.41, 5.74) is 4.60. The second kappa shape index (κ2) is 10.7. The smallest absolute Gasteiger partial charge is 0.242 e. The molecule has 10 nitrogen and oxygen atoms in total. The maximum absolute atomic E-state index is 13.2. The van der Waals surface area contributed by atoms with Gasteiger partial charge in [0.2, 0.25) is 11.0 Å². The summed E-state index contributed by atoms with van der Waals surface area (Å²) in [6.07, 6.45) is 5.30. The van der Waals surface area contributed by atoms with Gasteiger partial charge in [0, 0.05) is 81.0 Å². The van der Waals surface area contributed by atoms with Crippen LogP contribution in [0.5, 0.6) is 0 Å². The number of nitrogens with one attached hydrogen (secondary N) is 1. The van der Waals surface area contributed by atoms with Gasteiger partial charge in [-0.05, 0) is 12.1 Å². The summed E-state index contributed by atoms with van der Waals surface area (Å²) in [6, 6.07) is 18.2. The monoisotopic (exact) mass is 539 g/mol. The number of hydrogen-bond donors (Lipinski definition) is 1. The van der Waals surface area contributed by atoms with E-state index in [0.29, 0.717) is 13.1 Å². The van der Waals surface area contributed by atoms with Gasteiger partial charge in [-0.25, -0.2) is 4.98 Å². The summed E-state index contributed by atoms with van der Waals surface area (Å²) < 4.78 is 6.47. The molecule has 1 aliphatic heterocycles. The summed E-state index contributed by atoms with van der Waals surface area (Å²) in [5, 5.41) is 4.26. The van der Waals surface area contributed by atoms with Crippen molar-refractivity contribution in [2.24, 2.45) is 0 Å². The van der Waals surface area contributed by atoms with Gasteiger partial charge < -0.3 is 20.0 Å². The number of amides is 1. The van der Waals surface area contributed by atoms with Gasteiger partial charge in [0.15, 0.2) is 11.5 Å². The highest BCUT2D eigenvalue weighted by Gasteiger charge is 2.24. The number of imidazole rings is 1. The Balaban J connectivity index is 1.12. The van der Waals surface area contributed by atoms with Crippen molar-refractivity contribution >= 4 is 39.7 Å². The zero-order valence-electron chi connectivity index (χ0n) is 21.9. The molecule has 5 aromatic rings. The van der Waals surface area contributed by atoms with Gasteiger partial charge in [-0.3, -0.25) is 14.2 Å². The van der Waals surface area contributed by atoms with E-state index in [1.54, 1.807) is 12.4 Å². The minimum atomic E-state index is 0.0507. The Morgan fingerprint density at radius 3 is 2.49 bits per heavy atom. The van der Waals surface area contributed by atoms with Crippen molar-refractivity contribution in [3.05, 3.63) is 73.2 Å². The van der Waals surface area contributed by atoms with Crippen molar-refractivity contribution in [3.8, 4) is 22.6 Å². The van der Waals surface area contributed by atoms with E-state index in [0.717, 1.165) is 58.0 Å². The van der Waals surface area contributed by atoms with E-state index in [9.17, 15) is 4.79 Å². The molecule has 1 fully saturated rings. The van der Waals surface area contributed by atoms with Crippen molar-refractivity contribution < 1.29 is 4.79 Å². The lowest BCUT2D eigenvalue weighted by atomic mass is 10.1. The van der Waals surface area contributed by atoms with Gasteiger partial charge in [0.1, 0.15) is 11.5 Å². The molecule has 39 heavy (non-hydrogen) atoms. The summed E-state index contributed by atoms with van der Waals surface area (Å²) in [6.45, 7) is 2.89. The highest BCUT2D eigenvalue weighted by molar-refractivity contribution is 7.09. The summed E-state index contributed by atoms with van der Waals surface area (Å²) in [4.78, 5) is 33.1. The van der Waals surface area contributed by atoms with Gasteiger partial charge in [-0.1, -0.05) is 42.5 Å². The van der Waals surface area contributed by atoms with Crippen molar-refractivity contribution in [3.63, 3.8) is 0 Å². The first-order valence-corrected chi connectivity index (χ1v) is 13.6. The van der Waals surface area contributed by atoms with Gasteiger partial charge >= 0.3 is 0 Å². The Morgan fingerprint density at radius 2 is 1.74 bits per heavy atom. The molecule has 0 bridgehead atoms. The molecule has 0 saturated carbocycles. The molecule has 0 unspecified atom stereocenters. The lowest BCUT2D eigenvalue weighted by molar-refractivity contribution is -0.129. The van der Waals surface area contributed by atoms with E-state index >= 15 is 0 Å². The predicted molar refractivity (Wildman–Crippen MR) is 155 cm³/mol. The van der Waals surface area contributed by atoms with Crippen LogP contribution in [-0.2, 0) is 4.79 Å². The topological polar surface area (TPSA) is 94.8 Å². The zero-order chi connectivity index (χ0) is 26.8. The van der Waals surface area contributed by atoms with Crippen molar-refractivity contribution in [2.75, 3.05) is 61.9 Å². The van der Waals surface area contributed by atoms with Crippen LogP contribution in [0.1, 0.15) is 0 Å². The van der Waals surface area contributed by atoms with E-state index < -0.39 is 0 Å². The molecule has 1 N–H and O–H groups in total. The number of aromatic nitrogens is 5. The minimum absolute atomic E-state index is 0.0507. The first-order chi connectivity index (χ1) is 19.1. The van der Waals surface area contributed by atoms with E-state index in [1.807, 2.05) is 72.1 Å². The van der Waals surface area contributed by atoms with Crippen LogP contribution in [-0.4, -0.2) is 81.4 Å². The van der Waals surface area contributed by atoms with Crippen LogP contribution in [0.3, 0.4) is 0 Å². The molecule has 0 aliphatic carbocycles. The average Bonchev–Trinajstić information content (AvgIpc) is 3.62. The number of hydrogen-bond acceptors (Lipinski definition) is 9. The van der Waals surface area contributed by atoms with Crippen molar-refractivity contribution in [2.45, 2.75) is 0 Å². The number of anilines is 3. The summed E-state index contributed by atoms with van der Waals surface area (Å²) >= 11 is 1.40. The van der Waals surface area contributed by atoms with Crippen molar-refractivity contribution in [1.29, 1.82) is 0 Å². The van der Waals surface area contributed by atoms with Crippen LogP contribution in [0.2, 0.25) is 0 Å². The third kappa shape index (κ3) is 5.13. The van der Waals surface area contributed by atoms with Gasteiger partial charge in [0.05, 0.1) is 12.7 Å². The van der Waals surface area contributed by atoms with Crippen molar-refractivity contribution in [1.82, 2.24) is 28.6 Å². The van der Waals surface area contributed by atoms with Crippen LogP contribution in [0.25, 0.3) is 28.3 Å². The van der Waals surface area contributed by atoms with Gasteiger partial charge in [-0.15, -0.1) is 0 Å². The molecule has 198 valence electrons. The molecule has 0 atom stereocenters. The Labute approximate surface area is 230 Å². The van der Waals surface area contributed by atoms with E-state index in [4.69, 9.17) is 9.97 Å². The molecule has 0 spiro atoms. The second-order valence-corrected chi connectivity index (χ2v) is 10.3. The molecule has 1 aliphatic rings. The Hall–Kier alpha value is -4.51. The van der Waals surface area contributed by atoms with Gasteiger partial charge in [0.25, 0.3) is 0 Å². The first kappa shape index (κ1) is 24.8. The third-order valence-electron chi connectivity index (χ3n) is 6.84. The quantitative estimate of drug-likeness (QED) is 0.334. The summed E-state index contributed by atoms with van der Waals surface area (Å²) in [7, 11) is 4.03. The maximum Gasteiger partial charge on any atom is 0.242 e. The van der Waals surface area contributed by atoms with E-state index in [-0.39, 0.29) is 12.5 Å². The molecule has 1 saturated heterocycles. The summed E-state index contributed by atoms with van der Waals surface area (Å²) in [5.74, 6) is 1.57. The van der Waals surface area contributed by atoms with E-state index in [2.05, 4.69) is 36.6 Å². The van der Waals surface area contributed by atoms with Crippen LogP contribution >= 0.6 is 11.5 Å². The first-order valence-electron chi connectivity index (χ1n) is 12.8. The molecule has 1 amide bonds. The Bertz CT molecular complexity index is 1570. The van der Waals surface area contributed by atoms with Crippen LogP contribution in [0.15, 0.2) is 73.2 Å². The van der Waals surface area contributed by atoms with E-state index in [1.165, 1.54) is 11.5 Å². The average molecular weight is 540 g/mol. The SMILES string of the molecule is CN(C)c1ccc(-c2nc3cnccn3c2NCC(=O)N2CCN(c3nc(-c4ccccc4)ns3)CC2)cc1. The predicted octanol–water partition coefficient (Wildman–Crippen LogP) is 3.74. The highest BCUT2D eigenvalue weighted by atomic mass is 32.1. The molecular formula is C28H29N9OS. The number of nitrogens with zero attached hydrogens (tertiary/aromatic N) is 8. The fourth-order valence-corrected chi connectivity index (χ4v) is 5.40. The number of rotatable bonds is 7. The molecule has 0 radical (unpaired) electrons. The molecule has 6 rings (SSSR count). The molecular weight excluding hydrogens is 510 g/mol. The molecule has 11 heteroatoms. The number of carbonyl (C=O) groups is 1. The number of piperazine rings is 1. The number of carbonyl (C=O) groups excluding carboxylic acids is 1. The van der Waals surface area contributed by atoms with Crippen LogP contribution < -0.4 is 15.1 Å². The molecule has 4 heterocycles. The normalized spacial score (nSPS) is 13.6. The lowest BCUT2D eigenvalue weighted by Crippen LogP contribution is -2.50. The lowest BCUT2D eigenvalue weighted by Gasteiger charge is -2.34. The fourth-order valence-electron chi connectivity index (χ4n) is 4.66. The zero-order valence-corrected chi connectivity index (χ0v) is 22.7. The number of benzene rings is 2. The molecule has 3 aromatic heterocycles. The molecule has 2 aromatic carbocycles.